The lowest BCUT2D eigenvalue weighted by Gasteiger charge is -2.24. The number of hydrogen-bond acceptors (Lipinski definition) is 27. The Morgan fingerprint density at radius 2 is 0.953 bits per heavy atom. The number of amides is 1. The predicted octanol–water partition coefficient (Wildman–Crippen LogP) is 12.9. The number of likely N-dealkylation sites (N-methyl/N-ethyl adjacent to an activating group) is 5. The Kier molecular flexibility index (Phi) is 87.1. The van der Waals surface area contributed by atoms with Crippen LogP contribution in [0.1, 0.15) is 299 Å². The van der Waals surface area contributed by atoms with E-state index >= 15 is 0 Å². The van der Waals surface area contributed by atoms with Gasteiger partial charge in [0.1, 0.15) is 28.1 Å². The van der Waals surface area contributed by atoms with Crippen molar-refractivity contribution in [2.24, 2.45) is 14.1 Å². The number of Topliss-reactive ketones (excluding diaryl/α,β-unsaturated/α-hetero) is 3. The molecule has 0 unspecified atom stereocenters. The lowest BCUT2D eigenvalue weighted by Crippen LogP contribution is -2.49. The van der Waals surface area contributed by atoms with Gasteiger partial charge >= 0.3 is 0 Å². The van der Waals surface area contributed by atoms with Crippen LogP contribution in [-0.2, 0) is 53.9 Å². The van der Waals surface area contributed by atoms with E-state index in [2.05, 4.69) is 165 Å². The number of aryl methyl sites for hydroxylation is 4. The first-order valence-corrected chi connectivity index (χ1v) is 49.4. The zero-order valence-corrected chi connectivity index (χ0v) is 94.4. The van der Waals surface area contributed by atoms with E-state index in [1.165, 1.54) is 44.6 Å². The molecule has 14 N–H and O–H groups in total. The summed E-state index contributed by atoms with van der Waals surface area (Å²) in [5.41, 5.74) is 4.68. The second kappa shape index (κ2) is 75.5. The number of carbonyl (C=O) groups is 5. The molecule has 4 aromatic rings. The molecule has 0 atom stereocenters. The number of sulfonamides is 1. The molecule has 0 saturated carbocycles. The molecular formula is C94H192N18O11S5. The number of nitrogens with one attached hydrogen (secondary N) is 14. The highest BCUT2D eigenvalue weighted by Crippen LogP contribution is 2.20. The molecule has 0 aliphatic carbocycles. The maximum absolute atomic E-state index is 11.6. The maximum Gasteiger partial charge on any atom is 0.277 e. The highest BCUT2D eigenvalue weighted by atomic mass is 32.2. The number of aromatic carboxylic acids is 1. The Labute approximate surface area is 797 Å². The van der Waals surface area contributed by atoms with Crippen molar-refractivity contribution in [2.75, 3.05) is 109 Å². The van der Waals surface area contributed by atoms with Crippen LogP contribution in [0, 0.1) is 19.3 Å². The van der Waals surface area contributed by atoms with Gasteiger partial charge in [-0.3, -0.25) is 24.0 Å². The van der Waals surface area contributed by atoms with Crippen LogP contribution in [0.5, 0.6) is 0 Å². The lowest BCUT2D eigenvalue weighted by atomic mass is 9.94. The summed E-state index contributed by atoms with van der Waals surface area (Å²) in [6.45, 7) is 69.8. The Morgan fingerprint density at radius 1 is 0.531 bits per heavy atom. The number of thioether (sulfide) groups is 1. The first-order chi connectivity index (χ1) is 58.3. The minimum atomic E-state index is -3.21. The first kappa shape index (κ1) is 148. The zero-order chi connectivity index (χ0) is 105. The van der Waals surface area contributed by atoms with E-state index in [9.17, 15) is 50.7 Å². The number of pyridine rings is 1. The number of thiocarbonyl (C=S) groups is 2. The van der Waals surface area contributed by atoms with Gasteiger partial charge in [-0.1, -0.05) is 149 Å². The Balaban J connectivity index is -0.000000114. The number of nitrogens with zero attached hydrogens (tertiary/aromatic N) is 4. The van der Waals surface area contributed by atoms with Crippen molar-refractivity contribution in [3.63, 3.8) is 0 Å². The van der Waals surface area contributed by atoms with Crippen LogP contribution < -0.4 is 83.8 Å². The summed E-state index contributed by atoms with van der Waals surface area (Å²) in [7, 11) is 20.4. The van der Waals surface area contributed by atoms with Crippen molar-refractivity contribution >= 4 is 112 Å². The highest BCUT2D eigenvalue weighted by molar-refractivity contribution is 7.99. The maximum atomic E-state index is 11.6. The largest absolute Gasteiger partial charge is 0.545 e. The van der Waals surface area contributed by atoms with Gasteiger partial charge in [-0.25, -0.2) is 30.8 Å². The van der Waals surface area contributed by atoms with Gasteiger partial charge in [0.2, 0.25) is 15.9 Å². The fourth-order valence-corrected chi connectivity index (χ4v) is 10.2. The Morgan fingerprint density at radius 3 is 1.19 bits per heavy atom. The van der Waals surface area contributed by atoms with Crippen molar-refractivity contribution in [3.05, 3.63) is 99.1 Å². The summed E-state index contributed by atoms with van der Waals surface area (Å²) in [6.07, 6.45) is 7.07. The van der Waals surface area contributed by atoms with E-state index < -0.39 is 41.1 Å². The molecular weight excluding hydrogens is 1720 g/mol. The van der Waals surface area contributed by atoms with Gasteiger partial charge in [0.05, 0.1) is 38.5 Å². The molecule has 0 radical (unpaired) electrons. The van der Waals surface area contributed by atoms with Crippen LogP contribution in [0.3, 0.4) is 0 Å². The van der Waals surface area contributed by atoms with Gasteiger partial charge < -0.3 is 79.1 Å². The van der Waals surface area contributed by atoms with Gasteiger partial charge in [0.15, 0.2) is 33.3 Å². The number of carbonyl (C=O) groups excluding carboxylic acids is 5. The minimum absolute atomic E-state index is 0.00463. The van der Waals surface area contributed by atoms with Crippen molar-refractivity contribution in [1.82, 2.24) is 83.5 Å². The van der Waals surface area contributed by atoms with Gasteiger partial charge in [-0.05, 0) is 274 Å². The highest BCUT2D eigenvalue weighted by Gasteiger charge is 2.32. The first-order valence-electron chi connectivity index (χ1n) is 44.0. The van der Waals surface area contributed by atoms with E-state index in [1.807, 2.05) is 206 Å². The lowest BCUT2D eigenvalue weighted by molar-refractivity contribution is -0.677. The molecule has 0 aliphatic rings. The van der Waals surface area contributed by atoms with E-state index in [4.69, 9.17) is 29.8 Å². The fourth-order valence-electron chi connectivity index (χ4n) is 7.55. The molecule has 4 rings (SSSR count). The van der Waals surface area contributed by atoms with Crippen molar-refractivity contribution in [3.8, 4) is 0 Å². The van der Waals surface area contributed by atoms with Crippen molar-refractivity contribution in [2.45, 2.75) is 329 Å². The third-order valence-corrected chi connectivity index (χ3v) is 27.0. The van der Waals surface area contributed by atoms with Crippen LogP contribution in [0.25, 0.3) is 10.9 Å². The number of sulfone groups is 1. The van der Waals surface area contributed by atoms with Crippen LogP contribution in [-0.4, -0.2) is 235 Å². The quantitative estimate of drug-likeness (QED) is 0.0104. The van der Waals surface area contributed by atoms with Crippen LogP contribution in [0.4, 0.5) is 0 Å². The predicted molar refractivity (Wildman–Crippen MR) is 561 cm³/mol. The Hall–Kier alpha value is -5.93. The summed E-state index contributed by atoms with van der Waals surface area (Å²) in [5, 5.41) is 61.5. The summed E-state index contributed by atoms with van der Waals surface area (Å²) in [4.78, 5) is 65.7. The van der Waals surface area contributed by atoms with Crippen LogP contribution in [0.15, 0.2) is 65.6 Å². The molecule has 34 heteroatoms. The number of ketones is 3. The van der Waals surface area contributed by atoms with Crippen molar-refractivity contribution in [1.29, 1.82) is 5.41 Å². The molecule has 0 bridgehead atoms. The van der Waals surface area contributed by atoms with Crippen LogP contribution in [0.2, 0.25) is 0 Å². The number of rotatable bonds is 29. The molecule has 2 aromatic carbocycles. The second-order valence-electron chi connectivity index (χ2n) is 33.1. The molecule has 754 valence electrons. The van der Waals surface area contributed by atoms with Gasteiger partial charge in [-0.2, -0.15) is 11.8 Å². The van der Waals surface area contributed by atoms with Gasteiger partial charge in [-0.15, -0.1) is 5.10 Å². The molecule has 1 amide bonds. The average molecular weight is 1910 g/mol. The normalized spacial score (nSPS) is 11.0. The van der Waals surface area contributed by atoms with Gasteiger partial charge in [0, 0.05) is 108 Å². The standard InChI is InChI=1S/C11H17N.C10H9N3O2.C8H9NO2.C7H16N2S.2C7H15NO.C7H15NS.C6H14N2O.C6H14N2S.C6H15NO2S.C6H15N.C5H14N2O2S.4C2H6/c1-9-5-7-10(8-6-9)11(2,3)12-4;1-6(14)7-3-4-8-9(5-7)11-12-13(2)10(8)15;1-6-5-7(8(10)11)3-4-9(6)2;1-7(2,9-3)6(8)5-10-4;1-6(9)5-7(2,3)8-4;2*1-5-6(9)7(2,3)8-4;2*1-6(2,8-4)5(9)7-3;1-5-10(8,9)6(2,3)7-4;1-5-6(2,3)7-4;1-5(2,6-3)10(8,9)7-4;4*1-2/h5-8,12H,1-4H3;3-5H,1-2H3;3-5H,1-2H3;8-9H,5H2,1-4H3;3*8H,5H2,1-4H3;2*8H,1-4H3,(H,7,9);7H,5H2,1-4H3;7H,5H2,1-4H3;6-7H,1-4H3;4*1-2H3. The number of benzene rings is 2. The number of carboxylic acids is 1. The van der Waals surface area contributed by atoms with E-state index in [0.29, 0.717) is 34.8 Å². The summed E-state index contributed by atoms with van der Waals surface area (Å²) < 4.78 is 49.8. The number of hydrogen-bond donors (Lipinski definition) is 14. The van der Waals surface area contributed by atoms with Crippen molar-refractivity contribution < 1.29 is 50.5 Å². The van der Waals surface area contributed by atoms with E-state index in [-0.39, 0.29) is 73.4 Å². The minimum Gasteiger partial charge on any atom is -0.545 e. The van der Waals surface area contributed by atoms with E-state index in [1.54, 1.807) is 119 Å². The molecule has 0 aliphatic heterocycles. The molecule has 2 heterocycles. The molecule has 128 heavy (non-hydrogen) atoms. The summed E-state index contributed by atoms with van der Waals surface area (Å²) >= 11 is 11.8. The second-order valence-corrected chi connectivity index (χ2v) is 40.2. The third kappa shape index (κ3) is 66.4. The smallest absolute Gasteiger partial charge is 0.277 e. The molecule has 2 aromatic heterocycles. The number of fused-ring (bicyclic) bond motifs is 1. The molecule has 0 fully saturated rings. The SMILES string of the molecule is CC.CC.CC.CC.CC(=O)c1ccc2c(=O)n(C)nnc2c1.CCC(=O)C(C)(C)NC.CCC(=S)C(C)(C)NC.CCC(C)(C)NC.CCS(=O)(=O)C(C)(C)NC.CNC(=O)C(C)(C)NC.CNC(=S)C(C)(C)NC.CNC(C)(C)C(=N)CSC.CNC(C)(C)CC(C)=O.CNC(C)(C)S(=O)(=O)NC.CNC(C)(C)c1ccc(C)cc1.Cc1cc(C(=O)[O-])cc[n+]1C. The topological polar surface area (TPSA) is 409 Å². The van der Waals surface area contributed by atoms with Crippen LogP contribution >= 0.6 is 36.2 Å². The third-order valence-electron chi connectivity index (χ3n) is 20.3. The summed E-state index contributed by atoms with van der Waals surface area (Å²) in [5.74, 6) is 0.298. The Bertz CT molecular complexity index is 3810. The summed E-state index contributed by atoms with van der Waals surface area (Å²) in [6, 6.07) is 16.5. The zero-order valence-electron chi connectivity index (χ0n) is 90.3. The molecule has 0 spiro atoms. The molecule has 29 nitrogen and oxygen atoms in total. The monoisotopic (exact) mass is 1910 g/mol. The fraction of sp³-hybridized carbons (Fsp3) is 0.723. The number of aromatic nitrogens is 4. The van der Waals surface area contributed by atoms with Gasteiger partial charge in [0.25, 0.3) is 5.56 Å². The van der Waals surface area contributed by atoms with E-state index in [0.717, 1.165) is 38.1 Å². The molecule has 0 saturated heterocycles. The number of carboxylic acid groups (broad SMARTS) is 1. The average Bonchev–Trinajstić information content (AvgIpc) is 0.813.